The van der Waals surface area contributed by atoms with Crippen LogP contribution in [0.25, 0.3) is 0 Å². The van der Waals surface area contributed by atoms with Gasteiger partial charge in [-0.3, -0.25) is 4.79 Å². The maximum Gasteiger partial charge on any atom is 0.321 e. The van der Waals surface area contributed by atoms with Crippen LogP contribution in [-0.4, -0.2) is 25.5 Å². The number of hydrogen-bond donors (Lipinski definition) is 2. The first-order valence-corrected chi connectivity index (χ1v) is 6.10. The highest BCUT2D eigenvalue weighted by molar-refractivity contribution is 7.89. The van der Waals surface area contributed by atoms with Crippen molar-refractivity contribution in [3.8, 4) is 6.07 Å². The highest BCUT2D eigenvalue weighted by Crippen LogP contribution is 2.10. The fourth-order valence-corrected chi connectivity index (χ4v) is 2.26. The van der Waals surface area contributed by atoms with Gasteiger partial charge in [-0.1, -0.05) is 0 Å². The summed E-state index contributed by atoms with van der Waals surface area (Å²) in [7, 11) is -3.87. The molecule has 0 saturated carbocycles. The Morgan fingerprint density at radius 3 is 2.35 bits per heavy atom. The lowest BCUT2D eigenvalue weighted by Crippen LogP contribution is -2.38. The van der Waals surface area contributed by atoms with Crippen LogP contribution < -0.4 is 4.72 Å². The van der Waals surface area contributed by atoms with Crippen molar-refractivity contribution < 1.29 is 18.3 Å². The van der Waals surface area contributed by atoms with Crippen molar-refractivity contribution >= 4 is 16.0 Å². The van der Waals surface area contributed by atoms with Crippen LogP contribution in [0.4, 0.5) is 0 Å². The van der Waals surface area contributed by atoms with Gasteiger partial charge in [0.1, 0.15) is 6.04 Å². The summed E-state index contributed by atoms with van der Waals surface area (Å²) in [6, 6.07) is 5.83. The SMILES string of the molecule is C[C@@H](NS(=O)(=O)c1ccc(C#N)cc1)C(=O)O. The van der Waals surface area contributed by atoms with E-state index in [2.05, 4.69) is 0 Å². The van der Waals surface area contributed by atoms with Crippen molar-refractivity contribution in [1.82, 2.24) is 4.72 Å². The Kier molecular flexibility index (Phi) is 3.83. The molecule has 0 aliphatic carbocycles. The zero-order valence-corrected chi connectivity index (χ0v) is 9.73. The van der Waals surface area contributed by atoms with Gasteiger partial charge < -0.3 is 5.11 Å². The van der Waals surface area contributed by atoms with E-state index in [1.807, 2.05) is 10.8 Å². The van der Waals surface area contributed by atoms with Crippen LogP contribution in [0.5, 0.6) is 0 Å². The summed E-state index contributed by atoms with van der Waals surface area (Å²) in [5, 5.41) is 17.2. The predicted octanol–water partition coefficient (Wildman–Crippen LogP) is 0.310. The van der Waals surface area contributed by atoms with E-state index in [1.54, 1.807) is 0 Å². The van der Waals surface area contributed by atoms with Crippen LogP contribution in [0, 0.1) is 11.3 Å². The third-order valence-electron chi connectivity index (χ3n) is 2.00. The first-order valence-electron chi connectivity index (χ1n) is 4.62. The molecule has 90 valence electrons. The Labute approximate surface area is 98.6 Å². The number of nitrogens with one attached hydrogen (secondary N) is 1. The predicted molar refractivity (Wildman–Crippen MR) is 58.6 cm³/mol. The zero-order chi connectivity index (χ0) is 13.1. The molecule has 0 aliphatic heterocycles. The molecular formula is C10H10N2O4S. The second-order valence-electron chi connectivity index (χ2n) is 3.32. The molecule has 0 aromatic heterocycles. The van der Waals surface area contributed by atoms with Crippen LogP contribution in [-0.2, 0) is 14.8 Å². The summed E-state index contributed by atoms with van der Waals surface area (Å²) in [4.78, 5) is 10.5. The number of nitriles is 1. The number of carbonyl (C=O) groups is 1. The van der Waals surface area contributed by atoms with Crippen LogP contribution in [0.2, 0.25) is 0 Å². The first-order chi connectivity index (χ1) is 7.86. The number of hydrogen-bond acceptors (Lipinski definition) is 4. The molecule has 0 unspecified atom stereocenters. The summed E-state index contributed by atoms with van der Waals surface area (Å²) in [5.41, 5.74) is 0.329. The van der Waals surface area contributed by atoms with Gasteiger partial charge in [-0.2, -0.15) is 9.98 Å². The molecule has 0 bridgehead atoms. The van der Waals surface area contributed by atoms with Crippen LogP contribution in [0.3, 0.4) is 0 Å². The van der Waals surface area contributed by atoms with Gasteiger partial charge in [0, 0.05) is 0 Å². The Morgan fingerprint density at radius 1 is 1.41 bits per heavy atom. The fourth-order valence-electron chi connectivity index (χ4n) is 1.06. The second kappa shape index (κ2) is 4.95. The van der Waals surface area contributed by atoms with E-state index in [0.717, 1.165) is 0 Å². The number of sulfonamides is 1. The number of aliphatic carboxylic acids is 1. The lowest BCUT2D eigenvalue weighted by atomic mass is 10.2. The number of rotatable bonds is 4. The topological polar surface area (TPSA) is 107 Å². The van der Waals surface area contributed by atoms with Gasteiger partial charge in [0.25, 0.3) is 0 Å². The molecule has 7 heteroatoms. The fraction of sp³-hybridized carbons (Fsp3) is 0.200. The molecule has 0 fully saturated rings. The molecule has 0 heterocycles. The number of benzene rings is 1. The third-order valence-corrected chi connectivity index (χ3v) is 3.55. The smallest absolute Gasteiger partial charge is 0.321 e. The highest BCUT2D eigenvalue weighted by Gasteiger charge is 2.21. The molecule has 1 atom stereocenters. The molecule has 0 radical (unpaired) electrons. The average Bonchev–Trinajstić information content (AvgIpc) is 2.28. The Bertz CT molecular complexity index is 557. The minimum atomic E-state index is -3.87. The van der Waals surface area contributed by atoms with E-state index < -0.39 is 22.0 Å². The van der Waals surface area contributed by atoms with Gasteiger partial charge in [0.15, 0.2) is 0 Å². The highest BCUT2D eigenvalue weighted by atomic mass is 32.2. The van der Waals surface area contributed by atoms with Gasteiger partial charge in [-0.15, -0.1) is 0 Å². The molecule has 6 nitrogen and oxygen atoms in total. The minimum absolute atomic E-state index is 0.0791. The van der Waals surface area contributed by atoms with E-state index in [4.69, 9.17) is 10.4 Å². The Morgan fingerprint density at radius 2 is 1.94 bits per heavy atom. The molecule has 0 saturated heterocycles. The van der Waals surface area contributed by atoms with E-state index >= 15 is 0 Å². The number of carboxylic acid groups (broad SMARTS) is 1. The third kappa shape index (κ3) is 3.27. The van der Waals surface area contributed by atoms with Crippen molar-refractivity contribution in [1.29, 1.82) is 5.26 Å². The Balaban J connectivity index is 2.98. The maximum absolute atomic E-state index is 11.7. The molecule has 0 spiro atoms. The van der Waals surface area contributed by atoms with Gasteiger partial charge >= 0.3 is 5.97 Å². The van der Waals surface area contributed by atoms with E-state index in [0.29, 0.717) is 5.56 Å². The van der Waals surface area contributed by atoms with Gasteiger partial charge in [0.2, 0.25) is 10.0 Å². The van der Waals surface area contributed by atoms with E-state index in [9.17, 15) is 13.2 Å². The monoisotopic (exact) mass is 254 g/mol. The lowest BCUT2D eigenvalue weighted by Gasteiger charge is -2.09. The quantitative estimate of drug-likeness (QED) is 0.804. The molecule has 0 aliphatic rings. The molecule has 1 aromatic rings. The van der Waals surface area contributed by atoms with Crippen LogP contribution >= 0.6 is 0 Å². The molecule has 0 amide bonds. The van der Waals surface area contributed by atoms with Crippen molar-refractivity contribution in [2.24, 2.45) is 0 Å². The summed E-state index contributed by atoms with van der Waals surface area (Å²) >= 11 is 0. The van der Waals surface area contributed by atoms with Gasteiger partial charge in [-0.05, 0) is 31.2 Å². The molecule has 2 N–H and O–H groups in total. The largest absolute Gasteiger partial charge is 0.480 e. The Hall–Kier alpha value is -1.91. The first kappa shape index (κ1) is 13.2. The molecule has 17 heavy (non-hydrogen) atoms. The lowest BCUT2D eigenvalue weighted by molar-refractivity contribution is -0.138. The zero-order valence-electron chi connectivity index (χ0n) is 8.91. The maximum atomic E-state index is 11.7. The van der Waals surface area contributed by atoms with Gasteiger partial charge in [-0.25, -0.2) is 8.42 Å². The molecular weight excluding hydrogens is 244 g/mol. The van der Waals surface area contributed by atoms with Crippen LogP contribution in [0.1, 0.15) is 12.5 Å². The van der Waals surface area contributed by atoms with Crippen molar-refractivity contribution in [2.45, 2.75) is 17.9 Å². The second-order valence-corrected chi connectivity index (χ2v) is 5.03. The summed E-state index contributed by atoms with van der Waals surface area (Å²) in [5.74, 6) is -1.26. The summed E-state index contributed by atoms with van der Waals surface area (Å²) < 4.78 is 25.4. The average molecular weight is 254 g/mol. The minimum Gasteiger partial charge on any atom is -0.480 e. The summed E-state index contributed by atoms with van der Waals surface area (Å²) in [6.07, 6.45) is 0. The van der Waals surface area contributed by atoms with Crippen molar-refractivity contribution in [2.75, 3.05) is 0 Å². The summed E-state index contributed by atoms with van der Waals surface area (Å²) in [6.45, 7) is 1.23. The van der Waals surface area contributed by atoms with Crippen LogP contribution in [0.15, 0.2) is 29.2 Å². The molecule has 1 aromatic carbocycles. The number of carboxylic acids is 1. The van der Waals surface area contributed by atoms with E-state index in [-0.39, 0.29) is 4.90 Å². The van der Waals surface area contributed by atoms with Crippen molar-refractivity contribution in [3.05, 3.63) is 29.8 Å². The van der Waals surface area contributed by atoms with Crippen molar-refractivity contribution in [3.63, 3.8) is 0 Å². The standard InChI is InChI=1S/C10H10N2O4S/c1-7(10(13)14)12-17(15,16)9-4-2-8(6-11)3-5-9/h2-5,7,12H,1H3,(H,13,14)/t7-/m1/s1. The number of nitrogens with zero attached hydrogens (tertiary/aromatic N) is 1. The normalized spacial score (nSPS) is 12.7. The van der Waals surface area contributed by atoms with Gasteiger partial charge in [0.05, 0.1) is 16.5 Å². The van der Waals surface area contributed by atoms with E-state index in [1.165, 1.54) is 31.2 Å². The molecule has 1 rings (SSSR count).